The summed E-state index contributed by atoms with van der Waals surface area (Å²) in [6.45, 7) is 0.415. The number of phenols is 1. The number of benzene rings is 1. The van der Waals surface area contributed by atoms with Gasteiger partial charge in [-0.2, -0.15) is 4.89 Å². The number of hydrogen-bond acceptors (Lipinski definition) is 4. The van der Waals surface area contributed by atoms with Gasteiger partial charge in [0, 0.05) is 11.1 Å². The van der Waals surface area contributed by atoms with Crippen molar-refractivity contribution in [2.75, 3.05) is 0 Å². The van der Waals surface area contributed by atoms with E-state index in [-0.39, 0.29) is 5.60 Å². The molecule has 122 valence electrons. The molecule has 3 aliphatic carbocycles. The summed E-state index contributed by atoms with van der Waals surface area (Å²) in [5, 5.41) is 10.2. The summed E-state index contributed by atoms with van der Waals surface area (Å²) in [5.74, 6) is 2.38. The highest BCUT2D eigenvalue weighted by Crippen LogP contribution is 2.69. The van der Waals surface area contributed by atoms with Crippen molar-refractivity contribution >= 4 is 0 Å². The maximum absolute atomic E-state index is 10.2. The molecule has 1 aromatic carbocycles. The maximum atomic E-state index is 10.2. The van der Waals surface area contributed by atoms with Gasteiger partial charge in [0.05, 0.1) is 6.61 Å². The van der Waals surface area contributed by atoms with Crippen LogP contribution in [0.3, 0.4) is 0 Å². The molecule has 3 saturated carbocycles. The van der Waals surface area contributed by atoms with Gasteiger partial charge in [0.15, 0.2) is 5.60 Å². The van der Waals surface area contributed by atoms with Crippen molar-refractivity contribution in [3.05, 3.63) is 29.3 Å². The van der Waals surface area contributed by atoms with Crippen LogP contribution in [0.4, 0.5) is 0 Å². The van der Waals surface area contributed by atoms with Crippen LogP contribution in [0.1, 0.15) is 49.7 Å². The van der Waals surface area contributed by atoms with Crippen LogP contribution in [0.25, 0.3) is 0 Å². The van der Waals surface area contributed by atoms with E-state index in [9.17, 15) is 5.11 Å². The number of aromatic hydroxyl groups is 1. The van der Waals surface area contributed by atoms with Gasteiger partial charge in [0.25, 0.3) is 5.79 Å². The Morgan fingerprint density at radius 3 is 2.43 bits per heavy atom. The molecule has 2 unspecified atom stereocenters. The Bertz CT molecular complexity index is 668. The van der Waals surface area contributed by atoms with Crippen molar-refractivity contribution in [1.82, 2.24) is 0 Å². The van der Waals surface area contributed by atoms with Crippen molar-refractivity contribution < 1.29 is 19.6 Å². The van der Waals surface area contributed by atoms with Gasteiger partial charge in [-0.3, -0.25) is 0 Å². The minimum atomic E-state index is -0.786. The minimum absolute atomic E-state index is 0.311. The second-order valence-corrected chi connectivity index (χ2v) is 8.21. The van der Waals surface area contributed by atoms with Gasteiger partial charge >= 0.3 is 0 Å². The molecule has 0 radical (unpaired) electrons. The largest absolute Gasteiger partial charge is 0.508 e. The first kappa shape index (κ1) is 13.2. The van der Waals surface area contributed by atoms with Crippen molar-refractivity contribution in [2.45, 2.75) is 56.5 Å². The van der Waals surface area contributed by atoms with Gasteiger partial charge in [-0.15, -0.1) is 0 Å². The lowest BCUT2D eigenvalue weighted by atomic mass is 9.49. The molecule has 0 amide bonds. The maximum Gasteiger partial charge on any atom is 0.261 e. The highest BCUT2D eigenvalue weighted by molar-refractivity contribution is 5.46. The first-order valence-corrected chi connectivity index (χ1v) is 9.07. The quantitative estimate of drug-likeness (QED) is 0.743. The average molecular weight is 314 g/mol. The summed E-state index contributed by atoms with van der Waals surface area (Å²) >= 11 is 0. The predicted molar refractivity (Wildman–Crippen MR) is 81.1 cm³/mol. The molecule has 5 aliphatic rings. The normalized spacial score (nSPS) is 49.4. The second kappa shape index (κ2) is 4.11. The lowest BCUT2D eigenvalue weighted by molar-refractivity contribution is -0.643. The van der Waals surface area contributed by atoms with Crippen LogP contribution < -0.4 is 0 Å². The summed E-state index contributed by atoms with van der Waals surface area (Å²) in [6, 6.07) is 5.67. The summed E-state index contributed by atoms with van der Waals surface area (Å²) in [4.78, 5) is 11.8. The van der Waals surface area contributed by atoms with Gasteiger partial charge in [-0.25, -0.2) is 4.89 Å². The molecule has 2 aliphatic heterocycles. The molecule has 23 heavy (non-hydrogen) atoms. The third kappa shape index (κ3) is 1.33. The Labute approximate surface area is 135 Å². The summed E-state index contributed by atoms with van der Waals surface area (Å²) in [6.07, 6.45) is 7.61. The molecule has 4 heteroatoms. The Balaban J connectivity index is 1.52. The fourth-order valence-electron chi connectivity index (χ4n) is 6.57. The molecule has 3 bridgehead atoms. The predicted octanol–water partition coefficient (Wildman–Crippen LogP) is 3.62. The summed E-state index contributed by atoms with van der Waals surface area (Å²) < 4.78 is 6.25. The highest BCUT2D eigenvalue weighted by Gasteiger charge is 2.77. The van der Waals surface area contributed by atoms with E-state index in [1.54, 1.807) is 6.07 Å². The van der Waals surface area contributed by atoms with E-state index in [0.29, 0.717) is 24.2 Å². The number of ether oxygens (including phenoxy) is 1. The molecule has 2 spiro atoms. The van der Waals surface area contributed by atoms with E-state index in [0.717, 1.165) is 23.0 Å². The smallest absolute Gasteiger partial charge is 0.261 e. The number of hydrogen-bond donors (Lipinski definition) is 1. The van der Waals surface area contributed by atoms with Gasteiger partial charge < -0.3 is 9.84 Å². The van der Waals surface area contributed by atoms with Crippen molar-refractivity contribution in [3.63, 3.8) is 0 Å². The topological polar surface area (TPSA) is 47.9 Å². The zero-order valence-electron chi connectivity index (χ0n) is 13.2. The van der Waals surface area contributed by atoms with Crippen LogP contribution in [-0.4, -0.2) is 10.7 Å². The highest BCUT2D eigenvalue weighted by atomic mass is 17.3. The van der Waals surface area contributed by atoms with Gasteiger partial charge in [-0.1, -0.05) is 12.1 Å². The molecule has 2 heterocycles. The molecule has 1 N–H and O–H groups in total. The third-order valence-electron chi connectivity index (χ3n) is 7.56. The van der Waals surface area contributed by atoms with Crippen molar-refractivity contribution in [2.24, 2.45) is 23.7 Å². The molecular formula is C19H22O4. The second-order valence-electron chi connectivity index (χ2n) is 8.21. The fraction of sp³-hybridized carbons (Fsp3) is 0.684. The lowest BCUT2D eigenvalue weighted by Gasteiger charge is -2.66. The van der Waals surface area contributed by atoms with E-state index < -0.39 is 5.79 Å². The zero-order chi connectivity index (χ0) is 15.2. The van der Waals surface area contributed by atoms with Crippen LogP contribution >= 0.6 is 0 Å². The SMILES string of the molecule is Oc1cccc2c1CO[C@]21OOC12C1CCC3CCC2CC3C1. The van der Waals surface area contributed by atoms with E-state index in [1.807, 2.05) is 12.1 Å². The van der Waals surface area contributed by atoms with Crippen molar-refractivity contribution in [1.29, 1.82) is 0 Å². The van der Waals surface area contributed by atoms with Crippen LogP contribution in [0, 0.1) is 23.7 Å². The van der Waals surface area contributed by atoms with Gasteiger partial charge in [0.1, 0.15) is 5.75 Å². The van der Waals surface area contributed by atoms with Gasteiger partial charge in [-0.05, 0) is 68.3 Å². The first-order valence-electron chi connectivity index (χ1n) is 9.07. The van der Waals surface area contributed by atoms with E-state index in [2.05, 4.69) is 0 Å². The molecule has 6 rings (SSSR count). The van der Waals surface area contributed by atoms with E-state index in [4.69, 9.17) is 14.5 Å². The Morgan fingerprint density at radius 1 is 0.957 bits per heavy atom. The molecule has 3 atom stereocenters. The molecular weight excluding hydrogens is 292 g/mol. The van der Waals surface area contributed by atoms with Crippen LogP contribution in [0.5, 0.6) is 5.75 Å². The standard InChI is InChI=1S/C19H22O4/c20-17-3-1-2-16-15(17)10-21-19(16)18(22-23-19)13-6-4-11-5-7-14(18)9-12(11)8-13/h1-3,11-14,20H,4-10H2/t11?,12?,13?,14?,18?,19-/m0/s1. The Morgan fingerprint density at radius 2 is 1.74 bits per heavy atom. The van der Waals surface area contributed by atoms with Crippen LogP contribution in [-0.2, 0) is 26.9 Å². The number of phenolic OH excluding ortho intramolecular Hbond substituents is 1. The zero-order valence-corrected chi connectivity index (χ0v) is 13.2. The Hall–Kier alpha value is -1.10. The lowest BCUT2D eigenvalue weighted by Crippen LogP contribution is -2.74. The van der Waals surface area contributed by atoms with Crippen LogP contribution in [0.15, 0.2) is 18.2 Å². The molecule has 0 aromatic heterocycles. The van der Waals surface area contributed by atoms with Crippen molar-refractivity contribution in [3.8, 4) is 5.75 Å². The van der Waals surface area contributed by atoms with E-state index >= 15 is 0 Å². The van der Waals surface area contributed by atoms with E-state index in [1.165, 1.54) is 38.5 Å². The number of fused-ring (bicyclic) bond motifs is 7. The monoisotopic (exact) mass is 314 g/mol. The summed E-state index contributed by atoms with van der Waals surface area (Å²) in [5.41, 5.74) is 1.53. The molecule has 4 fully saturated rings. The average Bonchev–Trinajstić information content (AvgIpc) is 2.96. The fourth-order valence-corrected chi connectivity index (χ4v) is 6.57. The molecule has 1 aromatic rings. The number of rotatable bonds is 0. The molecule has 1 saturated heterocycles. The third-order valence-corrected chi connectivity index (χ3v) is 7.56. The minimum Gasteiger partial charge on any atom is -0.508 e. The van der Waals surface area contributed by atoms with Crippen LogP contribution in [0.2, 0.25) is 0 Å². The first-order chi connectivity index (χ1) is 11.2. The Kier molecular flexibility index (Phi) is 2.36. The van der Waals surface area contributed by atoms with Gasteiger partial charge in [0.2, 0.25) is 0 Å². The molecule has 4 nitrogen and oxygen atoms in total. The summed E-state index contributed by atoms with van der Waals surface area (Å²) in [7, 11) is 0.